The monoisotopic (exact) mass is 236 g/mol. The number of aromatic hydroxyl groups is 1. The molecule has 17 heavy (non-hydrogen) atoms. The number of nitrogens with two attached hydrogens (primary N) is 1. The molecule has 4 nitrogen and oxygen atoms in total. The molecule has 0 radical (unpaired) electrons. The molecule has 0 aliphatic carbocycles. The Morgan fingerprint density at radius 3 is 2.94 bits per heavy atom. The fraction of sp³-hybridized carbons (Fsp3) is 0.538. The van der Waals surface area contributed by atoms with Crippen molar-refractivity contribution in [3.63, 3.8) is 0 Å². The highest BCUT2D eigenvalue weighted by Gasteiger charge is 2.24. The van der Waals surface area contributed by atoms with Crippen molar-refractivity contribution in [1.82, 2.24) is 5.32 Å². The van der Waals surface area contributed by atoms with Gasteiger partial charge in [0.25, 0.3) is 0 Å². The lowest BCUT2D eigenvalue weighted by molar-refractivity contribution is 0.200. The average molecular weight is 236 g/mol. The van der Waals surface area contributed by atoms with E-state index in [0.717, 1.165) is 19.5 Å². The third-order valence-electron chi connectivity index (χ3n) is 3.39. The summed E-state index contributed by atoms with van der Waals surface area (Å²) >= 11 is 0. The zero-order valence-electron chi connectivity index (χ0n) is 9.93. The second-order valence-electron chi connectivity index (χ2n) is 4.53. The molecule has 1 aromatic rings. The van der Waals surface area contributed by atoms with Gasteiger partial charge in [-0.15, -0.1) is 0 Å². The number of hydrogen-bond donors (Lipinski definition) is 3. The van der Waals surface area contributed by atoms with Crippen LogP contribution < -0.4 is 15.8 Å². The van der Waals surface area contributed by atoms with Gasteiger partial charge >= 0.3 is 0 Å². The predicted octanol–water partition coefficient (Wildman–Crippen LogP) is 0.955. The van der Waals surface area contributed by atoms with Crippen molar-refractivity contribution < 1.29 is 9.84 Å². The Hall–Kier alpha value is -1.26. The van der Waals surface area contributed by atoms with Crippen molar-refractivity contribution in [2.75, 3.05) is 26.2 Å². The van der Waals surface area contributed by atoms with Crippen LogP contribution in [-0.2, 0) is 0 Å². The lowest BCUT2D eigenvalue weighted by Gasteiger charge is -2.21. The van der Waals surface area contributed by atoms with Gasteiger partial charge in [0.05, 0.1) is 6.61 Å². The van der Waals surface area contributed by atoms with Crippen molar-refractivity contribution in [2.24, 2.45) is 17.6 Å². The van der Waals surface area contributed by atoms with Crippen LogP contribution in [-0.4, -0.2) is 31.3 Å². The smallest absolute Gasteiger partial charge is 0.160 e. The second kappa shape index (κ2) is 5.89. The highest BCUT2D eigenvalue weighted by Crippen LogP contribution is 2.26. The number of benzene rings is 1. The van der Waals surface area contributed by atoms with Gasteiger partial charge in [-0.05, 0) is 44.1 Å². The zero-order chi connectivity index (χ0) is 12.1. The molecule has 94 valence electrons. The third-order valence-corrected chi connectivity index (χ3v) is 3.39. The molecule has 4 heteroatoms. The van der Waals surface area contributed by atoms with E-state index >= 15 is 0 Å². The molecule has 0 amide bonds. The number of nitrogens with one attached hydrogen (secondary N) is 1. The van der Waals surface area contributed by atoms with Crippen LogP contribution in [0.1, 0.15) is 6.42 Å². The molecule has 4 N–H and O–H groups in total. The van der Waals surface area contributed by atoms with E-state index in [1.165, 1.54) is 0 Å². The Kier molecular flexibility index (Phi) is 4.23. The minimum Gasteiger partial charge on any atom is -0.504 e. The van der Waals surface area contributed by atoms with Gasteiger partial charge in [0.2, 0.25) is 0 Å². The number of ether oxygens (including phenoxy) is 1. The van der Waals surface area contributed by atoms with Crippen LogP contribution in [0.3, 0.4) is 0 Å². The van der Waals surface area contributed by atoms with Crippen molar-refractivity contribution in [3.05, 3.63) is 24.3 Å². The van der Waals surface area contributed by atoms with E-state index in [9.17, 15) is 5.11 Å². The third kappa shape index (κ3) is 3.11. The van der Waals surface area contributed by atoms with Crippen LogP contribution in [0.15, 0.2) is 24.3 Å². The van der Waals surface area contributed by atoms with Crippen molar-refractivity contribution in [1.29, 1.82) is 0 Å². The first-order chi connectivity index (χ1) is 8.31. The lowest BCUT2D eigenvalue weighted by Crippen LogP contribution is -2.30. The van der Waals surface area contributed by atoms with Gasteiger partial charge in [-0.25, -0.2) is 0 Å². The summed E-state index contributed by atoms with van der Waals surface area (Å²) in [5, 5.41) is 12.9. The van der Waals surface area contributed by atoms with E-state index in [-0.39, 0.29) is 5.75 Å². The molecule has 1 heterocycles. The number of rotatable bonds is 5. The number of phenolic OH excluding ortho intramolecular Hbond substituents is 1. The van der Waals surface area contributed by atoms with Crippen LogP contribution in [0.25, 0.3) is 0 Å². The summed E-state index contributed by atoms with van der Waals surface area (Å²) in [7, 11) is 0. The quantitative estimate of drug-likeness (QED) is 0.712. The summed E-state index contributed by atoms with van der Waals surface area (Å²) in [6.07, 6.45) is 1.16. The van der Waals surface area contributed by atoms with E-state index in [1.807, 2.05) is 6.07 Å². The van der Waals surface area contributed by atoms with Gasteiger partial charge in [-0.3, -0.25) is 0 Å². The van der Waals surface area contributed by atoms with Crippen molar-refractivity contribution >= 4 is 0 Å². The Labute approximate surface area is 102 Å². The maximum atomic E-state index is 9.59. The largest absolute Gasteiger partial charge is 0.504 e. The average Bonchev–Trinajstić information content (AvgIpc) is 2.86. The van der Waals surface area contributed by atoms with E-state index in [2.05, 4.69) is 5.32 Å². The number of hydrogen-bond acceptors (Lipinski definition) is 4. The summed E-state index contributed by atoms with van der Waals surface area (Å²) in [4.78, 5) is 0. The minimum atomic E-state index is 0.188. The first-order valence-electron chi connectivity index (χ1n) is 6.13. The molecular formula is C13H20N2O2. The zero-order valence-corrected chi connectivity index (χ0v) is 9.93. The van der Waals surface area contributed by atoms with E-state index in [4.69, 9.17) is 10.5 Å². The molecular weight excluding hydrogens is 216 g/mol. The Morgan fingerprint density at radius 1 is 1.47 bits per heavy atom. The predicted molar refractivity (Wildman–Crippen MR) is 67.1 cm³/mol. The Morgan fingerprint density at radius 2 is 2.29 bits per heavy atom. The SMILES string of the molecule is NCC(COc1ccccc1O)C1CCNC1. The Bertz CT molecular complexity index is 351. The van der Waals surface area contributed by atoms with Crippen LogP contribution in [0, 0.1) is 11.8 Å². The van der Waals surface area contributed by atoms with Gasteiger partial charge in [0, 0.05) is 5.92 Å². The van der Waals surface area contributed by atoms with Gasteiger partial charge < -0.3 is 20.9 Å². The molecule has 0 spiro atoms. The molecule has 0 saturated carbocycles. The molecule has 0 bridgehead atoms. The molecule has 2 atom stereocenters. The number of para-hydroxylation sites is 2. The topological polar surface area (TPSA) is 67.5 Å². The van der Waals surface area contributed by atoms with Crippen molar-refractivity contribution in [3.8, 4) is 11.5 Å². The molecule has 0 aromatic heterocycles. The fourth-order valence-electron chi connectivity index (χ4n) is 2.25. The van der Waals surface area contributed by atoms with Crippen LogP contribution in [0.5, 0.6) is 11.5 Å². The molecule has 1 aliphatic heterocycles. The fourth-order valence-corrected chi connectivity index (χ4v) is 2.25. The maximum absolute atomic E-state index is 9.59. The summed E-state index contributed by atoms with van der Waals surface area (Å²) in [6, 6.07) is 7.03. The van der Waals surface area contributed by atoms with Gasteiger partial charge in [0.1, 0.15) is 0 Å². The molecule has 1 aromatic carbocycles. The maximum Gasteiger partial charge on any atom is 0.160 e. The van der Waals surface area contributed by atoms with Crippen molar-refractivity contribution in [2.45, 2.75) is 6.42 Å². The molecule has 2 unspecified atom stereocenters. The number of phenols is 1. The van der Waals surface area contributed by atoms with Gasteiger partial charge in [-0.2, -0.15) is 0 Å². The summed E-state index contributed by atoms with van der Waals surface area (Å²) < 4.78 is 5.64. The van der Waals surface area contributed by atoms with E-state index < -0.39 is 0 Å². The highest BCUT2D eigenvalue weighted by atomic mass is 16.5. The van der Waals surface area contributed by atoms with Gasteiger partial charge in [-0.1, -0.05) is 12.1 Å². The first kappa shape index (κ1) is 12.2. The van der Waals surface area contributed by atoms with Gasteiger partial charge in [0.15, 0.2) is 11.5 Å². The van der Waals surface area contributed by atoms with E-state index in [1.54, 1.807) is 18.2 Å². The highest BCUT2D eigenvalue weighted by molar-refractivity contribution is 5.37. The van der Waals surface area contributed by atoms with Crippen LogP contribution in [0.4, 0.5) is 0 Å². The summed E-state index contributed by atoms with van der Waals surface area (Å²) in [5.41, 5.74) is 5.78. The molecule has 1 fully saturated rings. The van der Waals surface area contributed by atoms with E-state index in [0.29, 0.717) is 30.7 Å². The lowest BCUT2D eigenvalue weighted by atomic mass is 9.92. The molecule has 1 aliphatic rings. The molecule has 1 saturated heterocycles. The summed E-state index contributed by atoms with van der Waals surface area (Å²) in [6.45, 7) is 3.28. The van der Waals surface area contributed by atoms with Crippen LogP contribution in [0.2, 0.25) is 0 Å². The Balaban J connectivity index is 1.89. The summed E-state index contributed by atoms with van der Waals surface area (Å²) in [5.74, 6) is 1.67. The normalized spacial score (nSPS) is 21.4. The first-order valence-corrected chi connectivity index (χ1v) is 6.13. The second-order valence-corrected chi connectivity index (χ2v) is 4.53. The van der Waals surface area contributed by atoms with Crippen LogP contribution >= 0.6 is 0 Å². The molecule has 2 rings (SSSR count). The standard InChI is InChI=1S/C13H20N2O2/c14-7-11(10-5-6-15-8-10)9-17-13-4-2-1-3-12(13)16/h1-4,10-11,15-16H,5-9,14H2. The minimum absolute atomic E-state index is 0.188.